The van der Waals surface area contributed by atoms with Gasteiger partial charge < -0.3 is 10.6 Å². The van der Waals surface area contributed by atoms with Crippen molar-refractivity contribution >= 4 is 11.8 Å². The Labute approximate surface area is 109 Å². The number of aromatic nitrogens is 2. The lowest BCUT2D eigenvalue weighted by molar-refractivity contribution is 0.617. The Morgan fingerprint density at radius 2 is 1.84 bits per heavy atom. The molecule has 4 nitrogen and oxygen atoms in total. The van der Waals surface area contributed by atoms with Crippen LogP contribution in [0.5, 0.6) is 0 Å². The van der Waals surface area contributed by atoms with Crippen molar-refractivity contribution in [3.63, 3.8) is 0 Å². The fraction of sp³-hybridized carbons (Fsp3) is 0.231. The normalized spacial score (nSPS) is 10.3. The lowest BCUT2D eigenvalue weighted by Gasteiger charge is -2.08. The van der Waals surface area contributed by atoms with E-state index >= 15 is 0 Å². The van der Waals surface area contributed by atoms with Gasteiger partial charge in [0.05, 0.1) is 6.20 Å². The zero-order valence-corrected chi connectivity index (χ0v) is 10.5. The molecule has 1 aromatic heterocycles. The van der Waals surface area contributed by atoms with Crippen LogP contribution in [0.1, 0.15) is 12.5 Å². The standard InChI is InChI=1S/C13H14F2N4/c1-2-16-13-18-8-11(15)12(19-13)17-7-9-3-5-10(14)6-4-9/h3-6,8H,2,7H2,1H3,(H2,16,17,18,19). The molecule has 1 aromatic carbocycles. The van der Waals surface area contributed by atoms with Crippen molar-refractivity contribution in [3.05, 3.63) is 47.7 Å². The Bertz CT molecular complexity index is 543. The molecule has 0 unspecified atom stereocenters. The average molecular weight is 264 g/mol. The summed E-state index contributed by atoms with van der Waals surface area (Å²) >= 11 is 0. The van der Waals surface area contributed by atoms with E-state index in [1.807, 2.05) is 6.92 Å². The lowest BCUT2D eigenvalue weighted by atomic mass is 10.2. The van der Waals surface area contributed by atoms with Crippen LogP contribution in [0.2, 0.25) is 0 Å². The molecule has 2 aromatic rings. The number of rotatable bonds is 5. The highest BCUT2D eigenvalue weighted by atomic mass is 19.1. The zero-order chi connectivity index (χ0) is 13.7. The monoisotopic (exact) mass is 264 g/mol. The molecule has 0 saturated carbocycles. The molecule has 100 valence electrons. The smallest absolute Gasteiger partial charge is 0.224 e. The van der Waals surface area contributed by atoms with Crippen molar-refractivity contribution in [2.75, 3.05) is 17.2 Å². The second-order valence-corrected chi connectivity index (χ2v) is 3.90. The summed E-state index contributed by atoms with van der Waals surface area (Å²) in [5.41, 5.74) is 0.837. The van der Waals surface area contributed by atoms with E-state index in [-0.39, 0.29) is 11.6 Å². The van der Waals surface area contributed by atoms with Gasteiger partial charge in [-0.25, -0.2) is 13.8 Å². The summed E-state index contributed by atoms with van der Waals surface area (Å²) in [5, 5.41) is 5.76. The molecule has 0 bridgehead atoms. The Balaban J connectivity index is 2.05. The maximum atomic E-state index is 13.5. The topological polar surface area (TPSA) is 49.8 Å². The minimum atomic E-state index is -0.524. The number of halogens is 2. The van der Waals surface area contributed by atoms with Crippen LogP contribution >= 0.6 is 0 Å². The maximum absolute atomic E-state index is 13.5. The molecule has 2 N–H and O–H groups in total. The van der Waals surface area contributed by atoms with Gasteiger partial charge in [0.2, 0.25) is 5.95 Å². The molecule has 2 rings (SSSR count). The number of anilines is 2. The zero-order valence-electron chi connectivity index (χ0n) is 10.5. The molecule has 0 radical (unpaired) electrons. The number of benzene rings is 1. The predicted molar refractivity (Wildman–Crippen MR) is 69.9 cm³/mol. The molecule has 0 amide bonds. The van der Waals surface area contributed by atoms with E-state index in [4.69, 9.17) is 0 Å². The van der Waals surface area contributed by atoms with Gasteiger partial charge in [0.25, 0.3) is 0 Å². The Kier molecular flexibility index (Phi) is 4.22. The van der Waals surface area contributed by atoms with Gasteiger partial charge in [0.1, 0.15) is 5.82 Å². The SMILES string of the molecule is CCNc1ncc(F)c(NCc2ccc(F)cc2)n1. The van der Waals surface area contributed by atoms with E-state index in [1.54, 1.807) is 12.1 Å². The van der Waals surface area contributed by atoms with E-state index < -0.39 is 5.82 Å². The largest absolute Gasteiger partial charge is 0.363 e. The fourth-order valence-corrected chi connectivity index (χ4v) is 1.52. The van der Waals surface area contributed by atoms with Gasteiger partial charge in [-0.3, -0.25) is 0 Å². The van der Waals surface area contributed by atoms with Crippen molar-refractivity contribution in [3.8, 4) is 0 Å². The summed E-state index contributed by atoms with van der Waals surface area (Å²) in [6, 6.07) is 5.98. The molecule has 0 fully saturated rings. The third-order valence-corrected chi connectivity index (χ3v) is 2.45. The van der Waals surface area contributed by atoms with Crippen LogP contribution in [0.3, 0.4) is 0 Å². The summed E-state index contributed by atoms with van der Waals surface area (Å²) in [5.74, 6) is -0.337. The van der Waals surface area contributed by atoms with Crippen LogP contribution in [0.15, 0.2) is 30.5 Å². The summed E-state index contributed by atoms with van der Waals surface area (Å²) in [6.45, 7) is 2.92. The molecule has 0 aliphatic rings. The maximum Gasteiger partial charge on any atom is 0.224 e. The lowest BCUT2D eigenvalue weighted by Crippen LogP contribution is -2.08. The summed E-state index contributed by atoms with van der Waals surface area (Å²) in [6.07, 6.45) is 1.11. The van der Waals surface area contributed by atoms with Gasteiger partial charge >= 0.3 is 0 Å². The number of nitrogens with zero attached hydrogens (tertiary/aromatic N) is 2. The van der Waals surface area contributed by atoms with Gasteiger partial charge in [-0.05, 0) is 24.6 Å². The van der Waals surface area contributed by atoms with Crippen LogP contribution in [0, 0.1) is 11.6 Å². The molecule has 0 saturated heterocycles. The number of hydrogen-bond acceptors (Lipinski definition) is 4. The quantitative estimate of drug-likeness (QED) is 0.872. The van der Waals surface area contributed by atoms with E-state index in [9.17, 15) is 8.78 Å². The first-order valence-corrected chi connectivity index (χ1v) is 5.93. The highest BCUT2D eigenvalue weighted by Gasteiger charge is 2.06. The fourth-order valence-electron chi connectivity index (χ4n) is 1.52. The molecule has 0 aliphatic carbocycles. The Hall–Kier alpha value is -2.24. The average Bonchev–Trinajstić information content (AvgIpc) is 2.41. The van der Waals surface area contributed by atoms with E-state index in [0.717, 1.165) is 11.8 Å². The molecule has 0 aliphatic heterocycles. The van der Waals surface area contributed by atoms with Crippen molar-refractivity contribution in [1.29, 1.82) is 0 Å². The molecule has 0 atom stereocenters. The second kappa shape index (κ2) is 6.08. The van der Waals surface area contributed by atoms with E-state index in [2.05, 4.69) is 20.6 Å². The summed E-state index contributed by atoms with van der Waals surface area (Å²) in [7, 11) is 0. The first kappa shape index (κ1) is 13.2. The predicted octanol–water partition coefficient (Wildman–Crippen LogP) is 2.80. The van der Waals surface area contributed by atoms with Crippen LogP contribution in [-0.2, 0) is 6.54 Å². The third-order valence-electron chi connectivity index (χ3n) is 2.45. The first-order valence-electron chi connectivity index (χ1n) is 5.93. The molecular weight excluding hydrogens is 250 g/mol. The highest BCUT2D eigenvalue weighted by Crippen LogP contribution is 2.13. The Morgan fingerprint density at radius 3 is 2.53 bits per heavy atom. The summed E-state index contributed by atoms with van der Waals surface area (Å²) < 4.78 is 26.2. The van der Waals surface area contributed by atoms with Crippen molar-refractivity contribution < 1.29 is 8.78 Å². The van der Waals surface area contributed by atoms with Gasteiger partial charge in [0.15, 0.2) is 11.6 Å². The molecule has 1 heterocycles. The summed E-state index contributed by atoms with van der Waals surface area (Å²) in [4.78, 5) is 7.82. The Morgan fingerprint density at radius 1 is 1.11 bits per heavy atom. The van der Waals surface area contributed by atoms with Crippen LogP contribution in [-0.4, -0.2) is 16.5 Å². The van der Waals surface area contributed by atoms with Gasteiger partial charge in [-0.15, -0.1) is 0 Å². The highest BCUT2D eigenvalue weighted by molar-refractivity contribution is 5.41. The van der Waals surface area contributed by atoms with Crippen molar-refractivity contribution in [2.45, 2.75) is 13.5 Å². The third kappa shape index (κ3) is 3.61. The number of nitrogens with one attached hydrogen (secondary N) is 2. The minimum absolute atomic E-state index is 0.121. The van der Waals surface area contributed by atoms with E-state index in [1.165, 1.54) is 12.1 Å². The minimum Gasteiger partial charge on any atom is -0.363 e. The second-order valence-electron chi connectivity index (χ2n) is 3.90. The van der Waals surface area contributed by atoms with Gasteiger partial charge in [-0.2, -0.15) is 4.98 Å². The molecule has 6 heteroatoms. The molecule has 0 spiro atoms. The molecular formula is C13H14F2N4. The van der Waals surface area contributed by atoms with Gasteiger partial charge in [0, 0.05) is 13.1 Å². The van der Waals surface area contributed by atoms with Crippen molar-refractivity contribution in [1.82, 2.24) is 9.97 Å². The molecule has 19 heavy (non-hydrogen) atoms. The van der Waals surface area contributed by atoms with Crippen molar-refractivity contribution in [2.24, 2.45) is 0 Å². The first-order chi connectivity index (χ1) is 9.19. The van der Waals surface area contributed by atoms with Crippen LogP contribution in [0.4, 0.5) is 20.5 Å². The van der Waals surface area contributed by atoms with E-state index in [0.29, 0.717) is 19.0 Å². The number of hydrogen-bond donors (Lipinski definition) is 2. The van der Waals surface area contributed by atoms with Crippen LogP contribution < -0.4 is 10.6 Å². The van der Waals surface area contributed by atoms with Gasteiger partial charge in [-0.1, -0.05) is 12.1 Å². The van der Waals surface area contributed by atoms with Crippen LogP contribution in [0.25, 0.3) is 0 Å².